The van der Waals surface area contributed by atoms with Gasteiger partial charge in [-0.25, -0.2) is 28.0 Å². The molecule has 3 aromatic rings. The van der Waals surface area contributed by atoms with Crippen molar-refractivity contribution in [3.05, 3.63) is 54.2 Å². The van der Waals surface area contributed by atoms with Crippen LogP contribution in [0, 0.1) is 17.7 Å². The molecule has 0 saturated carbocycles. The van der Waals surface area contributed by atoms with Gasteiger partial charge in [-0.15, -0.1) is 0 Å². The molecule has 172 valence electrons. The number of hydrogen-bond donors (Lipinski definition) is 2. The summed E-state index contributed by atoms with van der Waals surface area (Å²) >= 11 is 6.11. The number of benzene rings is 2. The summed E-state index contributed by atoms with van der Waals surface area (Å²) in [6.45, 7) is 0. The molecule has 0 aliphatic carbocycles. The molecular formula is C21H18FN3O5S3. The Hall–Kier alpha value is -2.95. The summed E-state index contributed by atoms with van der Waals surface area (Å²) in [4.78, 5) is 4.32. The third-order valence-electron chi connectivity index (χ3n) is 4.22. The van der Waals surface area contributed by atoms with E-state index in [1.807, 2.05) is 0 Å². The Morgan fingerprint density at radius 1 is 1.30 bits per heavy atom. The highest BCUT2D eigenvalue weighted by atomic mass is 32.2. The quantitative estimate of drug-likeness (QED) is 0.304. The van der Waals surface area contributed by atoms with Gasteiger partial charge in [0.1, 0.15) is 5.69 Å². The summed E-state index contributed by atoms with van der Waals surface area (Å²) in [5.74, 6) is 5.70. The average Bonchev–Trinajstić information content (AvgIpc) is 3.20. The summed E-state index contributed by atoms with van der Waals surface area (Å²) < 4.78 is 48.4. The lowest BCUT2D eigenvalue weighted by Crippen LogP contribution is -2.17. The molecule has 0 saturated heterocycles. The number of oxazole rings is 1. The number of methoxy groups -OCH3 is 1. The minimum absolute atomic E-state index is 0.0651. The van der Waals surface area contributed by atoms with Gasteiger partial charge in [-0.1, -0.05) is 29.9 Å². The standard InChI is InChI=1S/C21H18FN3O5S3/c1-25(26)21(31)32-11-3-4-18-24-19(14-7-10-17(29-2)16(22)12-14)20(30-18)13-5-8-15(9-6-13)33(23,27)28/h5-10,12,26H,11H2,1-2H3,(H2,23,27,28). The van der Waals surface area contributed by atoms with Gasteiger partial charge in [0.25, 0.3) is 5.89 Å². The van der Waals surface area contributed by atoms with E-state index in [0.29, 0.717) is 16.8 Å². The van der Waals surface area contributed by atoms with Gasteiger partial charge in [-0.05, 0) is 48.4 Å². The highest BCUT2D eigenvalue weighted by Crippen LogP contribution is 2.34. The van der Waals surface area contributed by atoms with Crippen LogP contribution in [0.5, 0.6) is 5.75 Å². The molecule has 0 spiro atoms. The molecule has 0 aliphatic heterocycles. The van der Waals surface area contributed by atoms with Crippen LogP contribution >= 0.6 is 24.0 Å². The average molecular weight is 508 g/mol. The van der Waals surface area contributed by atoms with Crippen molar-refractivity contribution in [1.82, 2.24) is 10.0 Å². The summed E-state index contributed by atoms with van der Waals surface area (Å²) in [5, 5.41) is 15.2. The number of aromatic nitrogens is 1. The van der Waals surface area contributed by atoms with Gasteiger partial charge in [0.15, 0.2) is 21.6 Å². The van der Waals surface area contributed by atoms with Crippen molar-refractivity contribution in [2.45, 2.75) is 4.90 Å². The molecule has 0 unspecified atom stereocenters. The maximum absolute atomic E-state index is 14.3. The molecule has 8 nitrogen and oxygen atoms in total. The molecule has 12 heteroatoms. The molecule has 0 radical (unpaired) electrons. The molecule has 0 aliphatic rings. The fourth-order valence-corrected chi connectivity index (χ4v) is 3.82. The first kappa shape index (κ1) is 24.7. The Bertz CT molecular complexity index is 1340. The van der Waals surface area contributed by atoms with Crippen LogP contribution in [0.2, 0.25) is 0 Å². The zero-order valence-electron chi connectivity index (χ0n) is 17.4. The lowest BCUT2D eigenvalue weighted by Gasteiger charge is -2.07. The minimum Gasteiger partial charge on any atom is -0.494 e. The fraction of sp³-hybridized carbons (Fsp3) is 0.143. The maximum atomic E-state index is 14.3. The molecule has 0 atom stereocenters. The predicted octanol–water partition coefficient (Wildman–Crippen LogP) is 3.49. The van der Waals surface area contributed by atoms with E-state index in [0.717, 1.165) is 16.8 Å². The Morgan fingerprint density at radius 3 is 2.55 bits per heavy atom. The predicted molar refractivity (Wildman–Crippen MR) is 127 cm³/mol. The van der Waals surface area contributed by atoms with E-state index < -0.39 is 15.8 Å². The van der Waals surface area contributed by atoms with Gasteiger partial charge >= 0.3 is 0 Å². The van der Waals surface area contributed by atoms with Crippen LogP contribution < -0.4 is 9.88 Å². The number of halogens is 1. The van der Waals surface area contributed by atoms with E-state index in [1.54, 1.807) is 6.07 Å². The van der Waals surface area contributed by atoms with Crippen LogP contribution in [-0.2, 0) is 10.0 Å². The number of nitrogens with zero attached hydrogens (tertiary/aromatic N) is 2. The molecule has 1 heterocycles. The molecule has 0 amide bonds. The van der Waals surface area contributed by atoms with E-state index in [1.165, 1.54) is 50.6 Å². The number of nitrogens with two attached hydrogens (primary N) is 1. The van der Waals surface area contributed by atoms with Crippen LogP contribution in [0.3, 0.4) is 0 Å². The van der Waals surface area contributed by atoms with Crippen molar-refractivity contribution >= 4 is 38.3 Å². The summed E-state index contributed by atoms with van der Waals surface area (Å²) in [6, 6.07) is 10.0. The zero-order valence-corrected chi connectivity index (χ0v) is 19.9. The summed E-state index contributed by atoms with van der Waals surface area (Å²) in [7, 11) is -1.10. The second kappa shape index (κ2) is 10.3. The first-order valence-corrected chi connectivity index (χ1v) is 12.1. The molecule has 0 fully saturated rings. The Kier molecular flexibility index (Phi) is 7.72. The normalized spacial score (nSPS) is 10.9. The van der Waals surface area contributed by atoms with E-state index >= 15 is 0 Å². The molecule has 33 heavy (non-hydrogen) atoms. The minimum atomic E-state index is -3.87. The third kappa shape index (κ3) is 6.10. The van der Waals surface area contributed by atoms with Gasteiger partial charge in [0, 0.05) is 18.2 Å². The van der Waals surface area contributed by atoms with Crippen LogP contribution in [0.15, 0.2) is 51.8 Å². The highest BCUT2D eigenvalue weighted by molar-refractivity contribution is 8.23. The second-order valence-electron chi connectivity index (χ2n) is 6.50. The first-order chi connectivity index (χ1) is 15.6. The number of rotatable bonds is 5. The molecule has 3 rings (SSSR count). The van der Waals surface area contributed by atoms with Crippen molar-refractivity contribution in [3.8, 4) is 40.2 Å². The number of thioether (sulfide) groups is 1. The Morgan fingerprint density at radius 2 is 1.97 bits per heavy atom. The highest BCUT2D eigenvalue weighted by Gasteiger charge is 2.19. The lowest BCUT2D eigenvalue weighted by atomic mass is 10.1. The molecule has 2 aromatic carbocycles. The zero-order chi connectivity index (χ0) is 24.2. The summed E-state index contributed by atoms with van der Waals surface area (Å²) in [5.41, 5.74) is 1.21. The number of hydrogen-bond acceptors (Lipinski definition) is 8. The lowest BCUT2D eigenvalue weighted by molar-refractivity contribution is 0.0205. The van der Waals surface area contributed by atoms with E-state index in [4.69, 9.17) is 26.5 Å². The maximum Gasteiger partial charge on any atom is 0.274 e. The topological polar surface area (TPSA) is 119 Å². The van der Waals surface area contributed by atoms with Crippen LogP contribution in [0.4, 0.5) is 4.39 Å². The van der Waals surface area contributed by atoms with Gasteiger partial charge in [-0.3, -0.25) is 5.21 Å². The van der Waals surface area contributed by atoms with Crippen molar-refractivity contribution < 1.29 is 27.2 Å². The Balaban J connectivity index is 2.02. The molecule has 0 bridgehead atoms. The number of hydroxylamine groups is 2. The largest absolute Gasteiger partial charge is 0.494 e. The van der Waals surface area contributed by atoms with Crippen LogP contribution in [0.25, 0.3) is 22.6 Å². The van der Waals surface area contributed by atoms with E-state index in [-0.39, 0.29) is 32.4 Å². The van der Waals surface area contributed by atoms with Crippen molar-refractivity contribution in [1.29, 1.82) is 0 Å². The molecular weight excluding hydrogens is 489 g/mol. The Labute approximate surface area is 199 Å². The SMILES string of the molecule is COc1ccc(-c2nc(C#CCSC(=S)N(C)O)oc2-c2ccc(S(N)(=O)=O)cc2)cc1F. The van der Waals surface area contributed by atoms with Crippen LogP contribution in [0.1, 0.15) is 5.89 Å². The summed E-state index contributed by atoms with van der Waals surface area (Å²) in [6.07, 6.45) is 0. The van der Waals surface area contributed by atoms with Gasteiger partial charge < -0.3 is 9.15 Å². The van der Waals surface area contributed by atoms with Crippen molar-refractivity contribution in [2.75, 3.05) is 19.9 Å². The van der Waals surface area contributed by atoms with Crippen LogP contribution in [-0.4, -0.2) is 47.9 Å². The fourth-order valence-electron chi connectivity index (χ4n) is 2.68. The number of sulfonamides is 1. The van der Waals surface area contributed by atoms with Gasteiger partial charge in [-0.2, -0.15) is 0 Å². The first-order valence-electron chi connectivity index (χ1n) is 9.16. The second-order valence-corrected chi connectivity index (χ2v) is 9.67. The third-order valence-corrected chi connectivity index (χ3v) is 6.57. The van der Waals surface area contributed by atoms with E-state index in [9.17, 15) is 18.0 Å². The van der Waals surface area contributed by atoms with E-state index in [2.05, 4.69) is 16.8 Å². The van der Waals surface area contributed by atoms with Crippen molar-refractivity contribution in [2.24, 2.45) is 5.14 Å². The van der Waals surface area contributed by atoms with Gasteiger partial charge in [0.2, 0.25) is 10.0 Å². The number of primary sulfonamides is 1. The van der Waals surface area contributed by atoms with Crippen molar-refractivity contribution in [3.63, 3.8) is 0 Å². The molecule has 3 N–H and O–H groups in total. The smallest absolute Gasteiger partial charge is 0.274 e. The molecule has 1 aromatic heterocycles. The van der Waals surface area contributed by atoms with Gasteiger partial charge in [0.05, 0.1) is 17.8 Å². The monoisotopic (exact) mass is 507 g/mol. The number of thiocarbonyl (C=S) groups is 1. The number of ether oxygens (including phenoxy) is 1.